The predicted molar refractivity (Wildman–Crippen MR) is 80.8 cm³/mol. The summed E-state index contributed by atoms with van der Waals surface area (Å²) in [5.74, 6) is 0.277. The molecule has 2 rings (SSSR count). The number of nitrogens with one attached hydrogen (secondary N) is 2. The molecule has 0 aliphatic rings. The maximum absolute atomic E-state index is 11.3. The molecule has 0 aromatic heterocycles. The molecule has 0 atom stereocenters. The molecule has 104 valence electrons. The fraction of sp³-hybridized carbons (Fsp3) is 0.188. The Morgan fingerprint density at radius 2 is 1.60 bits per heavy atom. The summed E-state index contributed by atoms with van der Waals surface area (Å²) >= 11 is 0. The molecule has 0 aliphatic heterocycles. The Labute approximate surface area is 118 Å². The van der Waals surface area contributed by atoms with Crippen molar-refractivity contribution in [1.82, 2.24) is 0 Å². The van der Waals surface area contributed by atoms with Crippen LogP contribution in [0.2, 0.25) is 0 Å². The van der Waals surface area contributed by atoms with Crippen molar-refractivity contribution in [3.63, 3.8) is 0 Å². The van der Waals surface area contributed by atoms with E-state index in [-0.39, 0.29) is 11.7 Å². The Morgan fingerprint density at radius 3 is 2.20 bits per heavy atom. The predicted octanol–water partition coefficient (Wildman–Crippen LogP) is 3.35. The Morgan fingerprint density at radius 1 is 1.00 bits per heavy atom. The lowest BCUT2D eigenvalue weighted by Gasteiger charge is -2.08. The first kappa shape index (κ1) is 13.9. The van der Waals surface area contributed by atoms with Crippen LogP contribution < -0.4 is 10.6 Å². The van der Waals surface area contributed by atoms with Gasteiger partial charge in [0, 0.05) is 24.3 Å². The third-order valence-electron chi connectivity index (χ3n) is 2.92. The van der Waals surface area contributed by atoms with Crippen LogP contribution in [0, 0.1) is 0 Å². The van der Waals surface area contributed by atoms with Crippen molar-refractivity contribution in [2.45, 2.75) is 19.9 Å². The molecular formula is C16H18N2O2. The first-order valence-corrected chi connectivity index (χ1v) is 6.59. The molecule has 2 aromatic rings. The summed E-state index contributed by atoms with van der Waals surface area (Å²) in [4.78, 5) is 11.3. The SMILES string of the molecule is CCC(=O)Nc1ccc(NCc2ccc(O)cc2)cc1. The zero-order valence-electron chi connectivity index (χ0n) is 11.4. The van der Waals surface area contributed by atoms with Gasteiger partial charge in [0.15, 0.2) is 0 Å². The number of carbonyl (C=O) groups excluding carboxylic acids is 1. The minimum absolute atomic E-state index is 0.00908. The molecule has 3 N–H and O–H groups in total. The van der Waals surface area contributed by atoms with Crippen molar-refractivity contribution in [2.75, 3.05) is 10.6 Å². The number of phenols is 1. The summed E-state index contributed by atoms with van der Waals surface area (Å²) in [5.41, 5.74) is 2.87. The molecule has 0 heterocycles. The molecular weight excluding hydrogens is 252 g/mol. The highest BCUT2D eigenvalue weighted by atomic mass is 16.3. The Bertz CT molecular complexity index is 562. The average molecular weight is 270 g/mol. The number of anilines is 2. The first-order valence-electron chi connectivity index (χ1n) is 6.59. The number of rotatable bonds is 5. The van der Waals surface area contributed by atoms with E-state index >= 15 is 0 Å². The normalized spacial score (nSPS) is 10.1. The minimum Gasteiger partial charge on any atom is -0.508 e. The van der Waals surface area contributed by atoms with Gasteiger partial charge in [-0.3, -0.25) is 4.79 Å². The molecule has 0 bridgehead atoms. The molecule has 20 heavy (non-hydrogen) atoms. The van der Waals surface area contributed by atoms with Crippen molar-refractivity contribution in [3.05, 3.63) is 54.1 Å². The molecule has 0 radical (unpaired) electrons. The van der Waals surface area contributed by atoms with Gasteiger partial charge in [0.2, 0.25) is 5.91 Å². The summed E-state index contributed by atoms with van der Waals surface area (Å²) in [6, 6.07) is 14.7. The van der Waals surface area contributed by atoms with Crippen LogP contribution in [0.1, 0.15) is 18.9 Å². The molecule has 0 aliphatic carbocycles. The van der Waals surface area contributed by atoms with Gasteiger partial charge in [0.05, 0.1) is 0 Å². The molecule has 4 heteroatoms. The number of benzene rings is 2. The topological polar surface area (TPSA) is 61.4 Å². The quantitative estimate of drug-likeness (QED) is 0.780. The summed E-state index contributed by atoms with van der Waals surface area (Å²) in [6.07, 6.45) is 0.473. The second-order valence-electron chi connectivity index (χ2n) is 4.50. The van der Waals surface area contributed by atoms with Crippen molar-refractivity contribution in [1.29, 1.82) is 0 Å². The van der Waals surface area contributed by atoms with Crippen LogP contribution in [-0.4, -0.2) is 11.0 Å². The minimum atomic E-state index is 0.00908. The lowest BCUT2D eigenvalue weighted by atomic mass is 10.2. The van der Waals surface area contributed by atoms with E-state index < -0.39 is 0 Å². The fourth-order valence-electron chi connectivity index (χ4n) is 1.74. The highest BCUT2D eigenvalue weighted by molar-refractivity contribution is 5.90. The molecule has 0 saturated carbocycles. The zero-order chi connectivity index (χ0) is 14.4. The van der Waals surface area contributed by atoms with Crippen LogP contribution in [0.4, 0.5) is 11.4 Å². The number of hydrogen-bond donors (Lipinski definition) is 3. The van der Waals surface area contributed by atoms with Crippen molar-refractivity contribution in [3.8, 4) is 5.75 Å². The monoisotopic (exact) mass is 270 g/mol. The average Bonchev–Trinajstić information content (AvgIpc) is 2.48. The van der Waals surface area contributed by atoms with Crippen molar-refractivity contribution >= 4 is 17.3 Å². The second kappa shape index (κ2) is 6.61. The van der Waals surface area contributed by atoms with E-state index in [1.54, 1.807) is 12.1 Å². The summed E-state index contributed by atoms with van der Waals surface area (Å²) in [5, 5.41) is 15.3. The summed E-state index contributed by atoms with van der Waals surface area (Å²) in [7, 11) is 0. The summed E-state index contributed by atoms with van der Waals surface area (Å²) in [6.45, 7) is 2.50. The molecule has 0 fully saturated rings. The van der Waals surface area contributed by atoms with E-state index in [1.807, 2.05) is 43.3 Å². The van der Waals surface area contributed by atoms with Crippen LogP contribution in [-0.2, 0) is 11.3 Å². The van der Waals surface area contributed by atoms with Crippen LogP contribution in [0.15, 0.2) is 48.5 Å². The van der Waals surface area contributed by atoms with Crippen LogP contribution >= 0.6 is 0 Å². The van der Waals surface area contributed by atoms with Gasteiger partial charge in [0.1, 0.15) is 5.75 Å². The van der Waals surface area contributed by atoms with Gasteiger partial charge in [-0.05, 0) is 42.0 Å². The van der Waals surface area contributed by atoms with Gasteiger partial charge in [-0.25, -0.2) is 0 Å². The fourth-order valence-corrected chi connectivity index (χ4v) is 1.74. The molecule has 0 unspecified atom stereocenters. The highest BCUT2D eigenvalue weighted by Gasteiger charge is 1.99. The molecule has 0 saturated heterocycles. The number of hydrogen-bond acceptors (Lipinski definition) is 3. The molecule has 4 nitrogen and oxygen atoms in total. The highest BCUT2D eigenvalue weighted by Crippen LogP contribution is 2.16. The van der Waals surface area contributed by atoms with Gasteiger partial charge < -0.3 is 15.7 Å². The van der Waals surface area contributed by atoms with Crippen LogP contribution in [0.25, 0.3) is 0 Å². The van der Waals surface area contributed by atoms with Gasteiger partial charge >= 0.3 is 0 Å². The van der Waals surface area contributed by atoms with Crippen molar-refractivity contribution in [2.24, 2.45) is 0 Å². The Hall–Kier alpha value is -2.49. The number of amides is 1. The van der Waals surface area contributed by atoms with E-state index in [9.17, 15) is 9.90 Å². The Kier molecular flexibility index (Phi) is 4.60. The van der Waals surface area contributed by atoms with E-state index in [1.165, 1.54) is 0 Å². The molecule has 1 amide bonds. The maximum Gasteiger partial charge on any atom is 0.224 e. The van der Waals surface area contributed by atoms with Crippen LogP contribution in [0.5, 0.6) is 5.75 Å². The van der Waals surface area contributed by atoms with Crippen LogP contribution in [0.3, 0.4) is 0 Å². The largest absolute Gasteiger partial charge is 0.508 e. The van der Waals surface area contributed by atoms with Gasteiger partial charge in [-0.2, -0.15) is 0 Å². The van der Waals surface area contributed by atoms with Crippen molar-refractivity contribution < 1.29 is 9.90 Å². The van der Waals surface area contributed by atoms with E-state index in [0.29, 0.717) is 13.0 Å². The molecule has 2 aromatic carbocycles. The van der Waals surface area contributed by atoms with E-state index in [2.05, 4.69) is 10.6 Å². The van der Waals surface area contributed by atoms with Gasteiger partial charge in [-0.15, -0.1) is 0 Å². The third kappa shape index (κ3) is 4.02. The Balaban J connectivity index is 1.90. The number of carbonyl (C=O) groups is 1. The standard InChI is InChI=1S/C16H18N2O2/c1-2-16(20)18-14-7-5-13(6-8-14)17-11-12-3-9-15(19)10-4-12/h3-10,17,19H,2,11H2,1H3,(H,18,20). The first-order chi connectivity index (χ1) is 9.67. The van der Waals surface area contributed by atoms with Gasteiger partial charge in [-0.1, -0.05) is 19.1 Å². The van der Waals surface area contributed by atoms with Gasteiger partial charge in [0.25, 0.3) is 0 Å². The number of aromatic hydroxyl groups is 1. The molecule has 0 spiro atoms. The lowest BCUT2D eigenvalue weighted by Crippen LogP contribution is -2.09. The maximum atomic E-state index is 11.3. The smallest absolute Gasteiger partial charge is 0.224 e. The van der Waals surface area contributed by atoms with E-state index in [0.717, 1.165) is 16.9 Å². The lowest BCUT2D eigenvalue weighted by molar-refractivity contribution is -0.115. The van der Waals surface area contributed by atoms with E-state index in [4.69, 9.17) is 0 Å². The second-order valence-corrected chi connectivity index (χ2v) is 4.50. The summed E-state index contributed by atoms with van der Waals surface area (Å²) < 4.78 is 0. The zero-order valence-corrected chi connectivity index (χ0v) is 11.4. The third-order valence-corrected chi connectivity index (χ3v) is 2.92. The number of phenolic OH excluding ortho intramolecular Hbond substituents is 1.